The molecule has 2 aromatic rings. The zero-order chi connectivity index (χ0) is 21.5. The Hall–Kier alpha value is -3.08. The van der Waals surface area contributed by atoms with E-state index < -0.39 is 24.3 Å². The maximum absolute atomic E-state index is 12.1. The van der Waals surface area contributed by atoms with Crippen LogP contribution in [0, 0.1) is 0 Å². The number of nitrogens with zero attached hydrogens (tertiary/aromatic N) is 1. The fourth-order valence-corrected chi connectivity index (χ4v) is 2.47. The molecule has 5 heteroatoms. The van der Waals surface area contributed by atoms with Crippen LogP contribution in [0.4, 0.5) is 4.79 Å². The fraction of sp³-hybridized carbons (Fsp3) is 0.304. The summed E-state index contributed by atoms with van der Waals surface area (Å²) in [6.45, 7) is 13.2. The molecule has 152 valence electrons. The highest BCUT2D eigenvalue weighted by Gasteiger charge is 2.46. The van der Waals surface area contributed by atoms with Crippen molar-refractivity contribution >= 4 is 12.1 Å². The molecule has 0 aliphatic carbocycles. The molecule has 0 saturated carbocycles. The van der Waals surface area contributed by atoms with Crippen molar-refractivity contribution in [2.24, 2.45) is 0 Å². The predicted octanol–water partition coefficient (Wildman–Crippen LogP) is 6.21. The minimum Gasteiger partial charge on any atom is -0.465 e. The molecule has 0 bridgehead atoms. The molecular formula is C23H31NO4. The maximum Gasteiger partial charge on any atom is 0.411 e. The number of hydrogen-bond donors (Lipinski definition) is 1. The highest BCUT2D eigenvalue weighted by molar-refractivity contribution is 5.85. The van der Waals surface area contributed by atoms with E-state index in [0.717, 1.165) is 4.90 Å². The van der Waals surface area contributed by atoms with E-state index in [9.17, 15) is 14.7 Å². The SMILES string of the molecule is C=CC.CC.CC.O=C1O[C@@H](c2ccccc2)N(C(=O)O)[C@H]1c1ccccc1. The lowest BCUT2D eigenvalue weighted by Gasteiger charge is -2.23. The van der Waals surface area contributed by atoms with Crippen LogP contribution in [0.2, 0.25) is 0 Å². The Kier molecular flexibility index (Phi) is 12.5. The van der Waals surface area contributed by atoms with Gasteiger partial charge in [-0.05, 0) is 12.5 Å². The monoisotopic (exact) mass is 385 g/mol. The number of hydrogen-bond acceptors (Lipinski definition) is 3. The molecule has 1 aliphatic rings. The average Bonchev–Trinajstić information content (AvgIpc) is 3.10. The zero-order valence-electron chi connectivity index (χ0n) is 17.3. The third-order valence-electron chi connectivity index (χ3n) is 3.40. The van der Waals surface area contributed by atoms with Crippen molar-refractivity contribution in [3.63, 3.8) is 0 Å². The summed E-state index contributed by atoms with van der Waals surface area (Å²) in [5.41, 5.74) is 1.23. The molecule has 1 aliphatic heterocycles. The van der Waals surface area contributed by atoms with Crippen LogP contribution in [0.1, 0.15) is 58.0 Å². The lowest BCUT2D eigenvalue weighted by molar-refractivity contribution is -0.143. The molecule has 28 heavy (non-hydrogen) atoms. The Bertz CT molecular complexity index is 701. The summed E-state index contributed by atoms with van der Waals surface area (Å²) in [5.74, 6) is -0.558. The van der Waals surface area contributed by atoms with Crippen molar-refractivity contribution in [1.82, 2.24) is 4.90 Å². The van der Waals surface area contributed by atoms with Crippen LogP contribution >= 0.6 is 0 Å². The van der Waals surface area contributed by atoms with E-state index >= 15 is 0 Å². The van der Waals surface area contributed by atoms with Gasteiger partial charge in [0.1, 0.15) is 0 Å². The molecule has 1 saturated heterocycles. The third kappa shape index (κ3) is 6.58. The fourth-order valence-electron chi connectivity index (χ4n) is 2.47. The second-order valence-corrected chi connectivity index (χ2v) is 5.11. The number of amides is 1. The van der Waals surface area contributed by atoms with Gasteiger partial charge in [0.2, 0.25) is 6.23 Å². The highest BCUT2D eigenvalue weighted by Crippen LogP contribution is 2.39. The summed E-state index contributed by atoms with van der Waals surface area (Å²) in [4.78, 5) is 24.8. The first kappa shape index (κ1) is 24.9. The molecule has 1 N–H and O–H groups in total. The number of allylic oxidation sites excluding steroid dienone is 1. The van der Waals surface area contributed by atoms with Crippen LogP contribution in [0.15, 0.2) is 73.3 Å². The van der Waals surface area contributed by atoms with E-state index in [4.69, 9.17) is 4.74 Å². The molecule has 1 fully saturated rings. The molecule has 0 radical (unpaired) electrons. The molecule has 3 rings (SSSR count). The van der Waals surface area contributed by atoms with Gasteiger partial charge in [0.25, 0.3) is 0 Å². The van der Waals surface area contributed by atoms with E-state index in [0.29, 0.717) is 11.1 Å². The number of carbonyl (C=O) groups excluding carboxylic acids is 1. The summed E-state index contributed by atoms with van der Waals surface area (Å²) in [6, 6.07) is 16.7. The molecule has 0 spiro atoms. The number of esters is 1. The molecule has 5 nitrogen and oxygen atoms in total. The predicted molar refractivity (Wildman–Crippen MR) is 113 cm³/mol. The van der Waals surface area contributed by atoms with Crippen LogP contribution in [-0.2, 0) is 9.53 Å². The number of carbonyl (C=O) groups is 2. The zero-order valence-corrected chi connectivity index (χ0v) is 17.3. The summed E-state index contributed by atoms with van der Waals surface area (Å²) < 4.78 is 5.29. The van der Waals surface area contributed by atoms with Crippen molar-refractivity contribution in [1.29, 1.82) is 0 Å². The van der Waals surface area contributed by atoms with Crippen LogP contribution < -0.4 is 0 Å². The Morgan fingerprint density at radius 1 is 0.964 bits per heavy atom. The average molecular weight is 386 g/mol. The van der Waals surface area contributed by atoms with Crippen LogP contribution in [0.5, 0.6) is 0 Å². The van der Waals surface area contributed by atoms with Crippen molar-refractivity contribution in [2.75, 3.05) is 0 Å². The summed E-state index contributed by atoms with van der Waals surface area (Å²) in [6.07, 6.45) is -0.357. The number of rotatable bonds is 2. The quantitative estimate of drug-likeness (QED) is 0.493. The van der Waals surface area contributed by atoms with Gasteiger partial charge in [-0.25, -0.2) is 14.5 Å². The van der Waals surface area contributed by atoms with Crippen LogP contribution in [0.25, 0.3) is 0 Å². The molecule has 0 unspecified atom stereocenters. The van der Waals surface area contributed by atoms with Gasteiger partial charge in [-0.15, -0.1) is 6.58 Å². The van der Waals surface area contributed by atoms with Gasteiger partial charge in [0.15, 0.2) is 6.04 Å². The number of carboxylic acid groups (broad SMARTS) is 1. The summed E-state index contributed by atoms with van der Waals surface area (Å²) in [7, 11) is 0. The van der Waals surface area contributed by atoms with Gasteiger partial charge in [-0.1, -0.05) is 94.4 Å². The smallest absolute Gasteiger partial charge is 0.411 e. The van der Waals surface area contributed by atoms with E-state index in [1.807, 2.05) is 46.8 Å². The second-order valence-electron chi connectivity index (χ2n) is 5.11. The van der Waals surface area contributed by atoms with Gasteiger partial charge in [-0.2, -0.15) is 0 Å². The highest BCUT2D eigenvalue weighted by atomic mass is 16.6. The maximum atomic E-state index is 12.1. The third-order valence-corrected chi connectivity index (χ3v) is 3.40. The largest absolute Gasteiger partial charge is 0.465 e. The normalized spacial score (nSPS) is 16.8. The first-order valence-electron chi connectivity index (χ1n) is 9.48. The van der Waals surface area contributed by atoms with E-state index in [2.05, 4.69) is 6.58 Å². The van der Waals surface area contributed by atoms with Gasteiger partial charge >= 0.3 is 12.1 Å². The Morgan fingerprint density at radius 3 is 1.75 bits per heavy atom. The summed E-state index contributed by atoms with van der Waals surface area (Å²) in [5, 5.41) is 9.49. The van der Waals surface area contributed by atoms with Gasteiger partial charge in [0.05, 0.1) is 0 Å². The minimum atomic E-state index is -1.19. The number of ether oxygens (including phenoxy) is 1. The van der Waals surface area contributed by atoms with Crippen molar-refractivity contribution in [3.8, 4) is 0 Å². The Balaban J connectivity index is 0.000000930. The van der Waals surface area contributed by atoms with Crippen LogP contribution in [0.3, 0.4) is 0 Å². The molecule has 1 heterocycles. The standard InChI is InChI=1S/C16H13NO4.C3H6.2C2H6/c18-15-13(11-7-3-1-4-8-11)17(16(19)20)14(21-15)12-9-5-2-6-10-12;1-3-2;2*1-2/h1-10,13-14H,(H,19,20);3H,1H2,2H3;2*1-2H3/t13-,14-;;;/m0.../s1. The molecule has 2 atom stereocenters. The van der Waals surface area contributed by atoms with Crippen LogP contribution in [-0.4, -0.2) is 22.1 Å². The van der Waals surface area contributed by atoms with Gasteiger partial charge in [-0.3, -0.25) is 0 Å². The van der Waals surface area contributed by atoms with E-state index in [1.54, 1.807) is 54.6 Å². The van der Waals surface area contributed by atoms with Gasteiger partial charge < -0.3 is 9.84 Å². The minimum absolute atomic E-state index is 0.558. The van der Waals surface area contributed by atoms with Crippen molar-refractivity contribution in [3.05, 3.63) is 84.4 Å². The Morgan fingerprint density at radius 2 is 1.36 bits per heavy atom. The number of benzene rings is 2. The first-order valence-corrected chi connectivity index (χ1v) is 9.48. The van der Waals surface area contributed by atoms with E-state index in [-0.39, 0.29) is 0 Å². The molecular weight excluding hydrogens is 354 g/mol. The summed E-state index contributed by atoms with van der Waals surface area (Å²) >= 11 is 0. The first-order chi connectivity index (χ1) is 13.6. The second kappa shape index (κ2) is 14.0. The molecule has 2 aromatic carbocycles. The topological polar surface area (TPSA) is 66.8 Å². The number of cyclic esters (lactones) is 1. The van der Waals surface area contributed by atoms with Gasteiger partial charge in [0, 0.05) is 5.56 Å². The lowest BCUT2D eigenvalue weighted by Crippen LogP contribution is -2.32. The molecule has 1 amide bonds. The van der Waals surface area contributed by atoms with Crippen molar-refractivity contribution < 1.29 is 19.4 Å². The molecule has 0 aromatic heterocycles. The Labute approximate surface area is 168 Å². The van der Waals surface area contributed by atoms with Crippen molar-refractivity contribution in [2.45, 2.75) is 46.9 Å². The van der Waals surface area contributed by atoms with E-state index in [1.165, 1.54) is 0 Å². The lowest BCUT2D eigenvalue weighted by atomic mass is 10.1.